The fraction of sp³-hybridized carbons (Fsp3) is 0. The topological polar surface area (TPSA) is 72.2 Å². The Morgan fingerprint density at radius 2 is 1.95 bits per heavy atom. The minimum Gasteiger partial charge on any atom is -0.316 e. The van der Waals surface area contributed by atoms with Crippen LogP contribution in [0.15, 0.2) is 42.5 Å². The number of hydrogen-bond acceptors (Lipinski definition) is 3. The van der Waals surface area contributed by atoms with Gasteiger partial charge in [-0.2, -0.15) is 0 Å². The van der Waals surface area contributed by atoms with Crippen LogP contribution in [0.1, 0.15) is 10.4 Å². The molecule has 0 aliphatic heterocycles. The third-order valence-electron chi connectivity index (χ3n) is 2.52. The number of carbonyl (C=O) groups is 1. The van der Waals surface area contributed by atoms with Crippen molar-refractivity contribution in [2.24, 2.45) is 0 Å². The lowest BCUT2D eigenvalue weighted by molar-refractivity contribution is -0.384. The summed E-state index contributed by atoms with van der Waals surface area (Å²) in [5.74, 6) is -1.18. The van der Waals surface area contributed by atoms with Crippen molar-refractivity contribution >= 4 is 39.9 Å². The molecule has 0 heterocycles. The van der Waals surface area contributed by atoms with Crippen molar-refractivity contribution in [2.45, 2.75) is 0 Å². The molecule has 5 nitrogen and oxygen atoms in total. The molecule has 0 aliphatic rings. The van der Waals surface area contributed by atoms with Crippen LogP contribution in [0.2, 0.25) is 0 Å². The Morgan fingerprint density at radius 1 is 1.25 bits per heavy atom. The van der Waals surface area contributed by atoms with Crippen molar-refractivity contribution < 1.29 is 14.1 Å². The van der Waals surface area contributed by atoms with Gasteiger partial charge in [0.05, 0.1) is 10.5 Å². The molecule has 0 unspecified atom stereocenters. The van der Waals surface area contributed by atoms with Gasteiger partial charge in [0.25, 0.3) is 11.6 Å². The summed E-state index contributed by atoms with van der Waals surface area (Å²) in [6.45, 7) is 0. The highest BCUT2D eigenvalue weighted by molar-refractivity contribution is 14.1. The van der Waals surface area contributed by atoms with Crippen molar-refractivity contribution in [1.82, 2.24) is 0 Å². The smallest absolute Gasteiger partial charge is 0.292 e. The molecule has 0 saturated carbocycles. The highest BCUT2D eigenvalue weighted by Crippen LogP contribution is 2.26. The number of amides is 1. The van der Waals surface area contributed by atoms with Gasteiger partial charge in [-0.3, -0.25) is 14.9 Å². The third kappa shape index (κ3) is 3.10. The van der Waals surface area contributed by atoms with Crippen molar-refractivity contribution in [2.75, 3.05) is 5.32 Å². The maximum absolute atomic E-state index is 13.2. The predicted molar refractivity (Wildman–Crippen MR) is 80.2 cm³/mol. The van der Waals surface area contributed by atoms with Gasteiger partial charge >= 0.3 is 0 Å². The number of carbonyl (C=O) groups excluding carboxylic acids is 1. The van der Waals surface area contributed by atoms with Gasteiger partial charge < -0.3 is 5.32 Å². The molecule has 2 rings (SSSR count). The lowest BCUT2D eigenvalue weighted by Gasteiger charge is -2.07. The van der Waals surface area contributed by atoms with Gasteiger partial charge in [-0.15, -0.1) is 0 Å². The SMILES string of the molecule is O=C(Nc1cc(F)ccc1[N+](=O)[O-])c1ccccc1I. The molecule has 1 N–H and O–H groups in total. The van der Waals surface area contributed by atoms with Crippen LogP contribution in [0.25, 0.3) is 0 Å². The number of anilines is 1. The van der Waals surface area contributed by atoms with Gasteiger partial charge in [-0.05, 0) is 40.8 Å². The molecule has 0 aliphatic carbocycles. The molecule has 0 fully saturated rings. The molecule has 0 atom stereocenters. The highest BCUT2D eigenvalue weighted by Gasteiger charge is 2.18. The van der Waals surface area contributed by atoms with E-state index < -0.39 is 16.6 Å². The van der Waals surface area contributed by atoms with Gasteiger partial charge in [0.1, 0.15) is 11.5 Å². The standard InChI is InChI=1S/C13H8FIN2O3/c14-8-5-6-12(17(19)20)11(7-8)16-13(18)9-3-1-2-4-10(9)15/h1-7H,(H,16,18). The molecule has 102 valence electrons. The van der Waals surface area contributed by atoms with Gasteiger partial charge in [-0.1, -0.05) is 12.1 Å². The van der Waals surface area contributed by atoms with E-state index in [0.29, 0.717) is 9.13 Å². The average molecular weight is 386 g/mol. The minimum absolute atomic E-state index is 0.167. The number of nitro groups is 1. The maximum Gasteiger partial charge on any atom is 0.292 e. The van der Waals surface area contributed by atoms with Crippen molar-refractivity contribution in [3.63, 3.8) is 0 Å². The van der Waals surface area contributed by atoms with Crippen molar-refractivity contribution in [1.29, 1.82) is 0 Å². The highest BCUT2D eigenvalue weighted by atomic mass is 127. The Morgan fingerprint density at radius 3 is 2.60 bits per heavy atom. The molecular weight excluding hydrogens is 378 g/mol. The number of halogens is 2. The minimum atomic E-state index is -0.676. The molecule has 0 saturated heterocycles. The fourth-order valence-corrected chi connectivity index (χ4v) is 2.23. The fourth-order valence-electron chi connectivity index (χ4n) is 1.60. The summed E-state index contributed by atoms with van der Waals surface area (Å²) in [7, 11) is 0. The van der Waals surface area contributed by atoms with E-state index in [4.69, 9.17) is 0 Å². The molecule has 20 heavy (non-hydrogen) atoms. The molecule has 7 heteroatoms. The Labute approximate surface area is 127 Å². The van der Waals surface area contributed by atoms with Crippen LogP contribution >= 0.6 is 22.6 Å². The zero-order valence-corrected chi connectivity index (χ0v) is 12.1. The van der Waals surface area contributed by atoms with Gasteiger partial charge in [0, 0.05) is 15.7 Å². The van der Waals surface area contributed by atoms with Crippen LogP contribution < -0.4 is 5.32 Å². The number of nitrogens with zero attached hydrogens (tertiary/aromatic N) is 1. The summed E-state index contributed by atoms with van der Waals surface area (Å²) in [5, 5.41) is 13.2. The summed E-state index contributed by atoms with van der Waals surface area (Å²) in [6, 6.07) is 9.67. The Bertz CT molecular complexity index is 691. The van der Waals surface area contributed by atoms with Crippen LogP contribution in [-0.2, 0) is 0 Å². The van der Waals surface area contributed by atoms with Gasteiger partial charge in [0.2, 0.25) is 0 Å². The van der Waals surface area contributed by atoms with E-state index in [2.05, 4.69) is 5.32 Å². The lowest BCUT2D eigenvalue weighted by atomic mass is 10.2. The summed E-state index contributed by atoms with van der Waals surface area (Å²) in [4.78, 5) is 22.2. The number of nitrogens with one attached hydrogen (secondary N) is 1. The van der Waals surface area contributed by atoms with E-state index >= 15 is 0 Å². The van der Waals surface area contributed by atoms with Crippen molar-refractivity contribution in [3.05, 3.63) is 67.5 Å². The number of nitro benzene ring substituents is 1. The largest absolute Gasteiger partial charge is 0.316 e. The summed E-state index contributed by atoms with van der Waals surface area (Å²) >= 11 is 1.98. The Hall–Kier alpha value is -2.03. The summed E-state index contributed by atoms with van der Waals surface area (Å²) in [6.07, 6.45) is 0. The van der Waals surface area contributed by atoms with Crippen LogP contribution in [-0.4, -0.2) is 10.8 Å². The second-order valence-electron chi connectivity index (χ2n) is 3.85. The first-order valence-corrected chi connectivity index (χ1v) is 6.56. The molecule has 0 aromatic heterocycles. The van der Waals surface area contributed by atoms with Gasteiger partial charge in [0.15, 0.2) is 0 Å². The van der Waals surface area contributed by atoms with Crippen LogP contribution in [0.4, 0.5) is 15.8 Å². The molecule has 0 bridgehead atoms. The van der Waals surface area contributed by atoms with Crippen LogP contribution in [0, 0.1) is 19.5 Å². The maximum atomic E-state index is 13.2. The number of hydrogen-bond donors (Lipinski definition) is 1. The molecule has 0 spiro atoms. The van der Waals surface area contributed by atoms with E-state index in [-0.39, 0.29) is 11.4 Å². The second kappa shape index (κ2) is 5.95. The summed E-state index contributed by atoms with van der Waals surface area (Å²) in [5.41, 5.74) is -0.156. The predicted octanol–water partition coefficient (Wildman–Crippen LogP) is 3.59. The molecular formula is C13H8FIN2O3. The first-order valence-electron chi connectivity index (χ1n) is 5.49. The van der Waals surface area contributed by atoms with E-state index in [9.17, 15) is 19.3 Å². The Kier molecular flexibility index (Phi) is 4.28. The zero-order chi connectivity index (χ0) is 14.7. The van der Waals surface area contributed by atoms with Crippen LogP contribution in [0.5, 0.6) is 0 Å². The molecule has 2 aromatic carbocycles. The first kappa shape index (κ1) is 14.4. The quantitative estimate of drug-likeness (QED) is 0.498. The number of benzene rings is 2. The first-order chi connectivity index (χ1) is 9.49. The molecule has 1 amide bonds. The van der Waals surface area contributed by atoms with E-state index in [1.165, 1.54) is 0 Å². The van der Waals surface area contributed by atoms with E-state index in [0.717, 1.165) is 18.2 Å². The zero-order valence-electron chi connectivity index (χ0n) is 9.97. The van der Waals surface area contributed by atoms with E-state index in [1.54, 1.807) is 24.3 Å². The average Bonchev–Trinajstić information content (AvgIpc) is 2.38. The summed E-state index contributed by atoms with van der Waals surface area (Å²) < 4.78 is 13.9. The second-order valence-corrected chi connectivity index (χ2v) is 5.01. The van der Waals surface area contributed by atoms with Crippen molar-refractivity contribution in [3.8, 4) is 0 Å². The normalized spacial score (nSPS) is 10.1. The molecule has 2 aromatic rings. The third-order valence-corrected chi connectivity index (χ3v) is 3.46. The van der Waals surface area contributed by atoms with Gasteiger partial charge in [-0.25, -0.2) is 4.39 Å². The molecule has 0 radical (unpaired) electrons. The number of rotatable bonds is 3. The lowest BCUT2D eigenvalue weighted by Crippen LogP contribution is -2.14. The van der Waals surface area contributed by atoms with Crippen LogP contribution in [0.3, 0.4) is 0 Å². The van der Waals surface area contributed by atoms with E-state index in [1.807, 2.05) is 22.6 Å². The Balaban J connectivity index is 2.35. The monoisotopic (exact) mass is 386 g/mol.